The Morgan fingerprint density at radius 1 is 0.893 bits per heavy atom. The van der Waals surface area contributed by atoms with Crippen LogP contribution in [-0.4, -0.2) is 19.9 Å². The van der Waals surface area contributed by atoms with E-state index in [9.17, 15) is 13.6 Å². The highest BCUT2D eigenvalue weighted by molar-refractivity contribution is 7.81. The minimum absolute atomic E-state index is 0.486. The van der Waals surface area contributed by atoms with E-state index in [2.05, 4.69) is 0 Å². The molecule has 0 saturated carbocycles. The van der Waals surface area contributed by atoms with E-state index in [0.717, 1.165) is 17.2 Å². The molecule has 0 saturated heterocycles. The molecule has 0 bridgehead atoms. The lowest BCUT2D eigenvalue weighted by Gasteiger charge is -2.20. The standard InChI is InChI=1S/C21H18N2O4S/c24-21(22-25)14-9-16-5-4-8-20(15-16)23(28(26)27)19-12-10-18(11-13-19)17-6-2-1-3-7-17/h1-15,25H,(H,22,24)(H,26,27). The summed E-state index contributed by atoms with van der Waals surface area (Å²) in [5.41, 5.74) is 5.24. The quantitative estimate of drug-likeness (QED) is 0.254. The van der Waals surface area contributed by atoms with Crippen LogP contribution in [0.2, 0.25) is 0 Å². The van der Waals surface area contributed by atoms with Crippen LogP contribution in [0.1, 0.15) is 5.56 Å². The molecule has 0 radical (unpaired) electrons. The number of hydroxylamine groups is 1. The van der Waals surface area contributed by atoms with Gasteiger partial charge in [-0.3, -0.25) is 14.6 Å². The highest BCUT2D eigenvalue weighted by Gasteiger charge is 2.15. The van der Waals surface area contributed by atoms with Gasteiger partial charge in [0, 0.05) is 6.08 Å². The second-order valence-electron chi connectivity index (χ2n) is 5.84. The molecule has 3 aromatic carbocycles. The summed E-state index contributed by atoms with van der Waals surface area (Å²) in [6.45, 7) is 0. The van der Waals surface area contributed by atoms with Gasteiger partial charge < -0.3 is 0 Å². The van der Waals surface area contributed by atoms with Crippen LogP contribution in [0.15, 0.2) is 84.9 Å². The van der Waals surface area contributed by atoms with Crippen molar-refractivity contribution in [3.63, 3.8) is 0 Å². The highest BCUT2D eigenvalue weighted by atomic mass is 32.2. The molecule has 0 fully saturated rings. The van der Waals surface area contributed by atoms with Gasteiger partial charge in [0.2, 0.25) is 0 Å². The van der Waals surface area contributed by atoms with Crippen LogP contribution in [0.25, 0.3) is 17.2 Å². The summed E-state index contributed by atoms with van der Waals surface area (Å²) in [6, 6.07) is 24.0. The molecule has 1 unspecified atom stereocenters. The number of carbonyl (C=O) groups excluding carboxylic acids is 1. The van der Waals surface area contributed by atoms with Crippen LogP contribution in [0.4, 0.5) is 11.4 Å². The number of nitrogens with one attached hydrogen (secondary N) is 1. The Morgan fingerprint density at radius 3 is 2.21 bits per heavy atom. The molecule has 28 heavy (non-hydrogen) atoms. The van der Waals surface area contributed by atoms with Crippen LogP contribution in [0.5, 0.6) is 0 Å². The maximum atomic E-state index is 12.0. The average Bonchev–Trinajstić information content (AvgIpc) is 2.73. The zero-order valence-corrected chi connectivity index (χ0v) is 15.5. The van der Waals surface area contributed by atoms with Gasteiger partial charge in [-0.05, 0) is 47.0 Å². The molecule has 3 N–H and O–H groups in total. The molecule has 0 aromatic heterocycles. The first kappa shape index (κ1) is 19.5. The van der Waals surface area contributed by atoms with Crippen LogP contribution in [0.3, 0.4) is 0 Å². The largest absolute Gasteiger partial charge is 0.289 e. The summed E-state index contributed by atoms with van der Waals surface area (Å²) in [6.07, 6.45) is 2.65. The predicted molar refractivity (Wildman–Crippen MR) is 110 cm³/mol. The topological polar surface area (TPSA) is 89.9 Å². The third-order valence-electron chi connectivity index (χ3n) is 4.01. The van der Waals surface area contributed by atoms with Crippen molar-refractivity contribution in [2.75, 3.05) is 4.31 Å². The summed E-state index contributed by atoms with van der Waals surface area (Å²) in [7, 11) is 0. The van der Waals surface area contributed by atoms with Gasteiger partial charge in [-0.25, -0.2) is 14.0 Å². The number of nitrogens with zero attached hydrogens (tertiary/aromatic N) is 1. The van der Waals surface area contributed by atoms with Crippen LogP contribution in [-0.2, 0) is 16.1 Å². The third-order valence-corrected chi connectivity index (χ3v) is 4.74. The van der Waals surface area contributed by atoms with E-state index in [0.29, 0.717) is 16.9 Å². The molecular formula is C21H18N2O4S. The minimum atomic E-state index is -2.29. The summed E-state index contributed by atoms with van der Waals surface area (Å²) in [5.74, 6) is -0.663. The van der Waals surface area contributed by atoms with Gasteiger partial charge in [-0.15, -0.1) is 0 Å². The van der Waals surface area contributed by atoms with Crippen molar-refractivity contribution in [2.24, 2.45) is 0 Å². The fourth-order valence-electron chi connectivity index (χ4n) is 2.71. The molecule has 3 aromatic rings. The maximum Gasteiger partial charge on any atom is 0.267 e. The SMILES string of the molecule is O=C(C=Cc1cccc(N(c2ccc(-c3ccccc3)cc2)S(=O)O)c1)NO. The first-order chi connectivity index (χ1) is 13.6. The number of benzene rings is 3. The lowest BCUT2D eigenvalue weighted by Crippen LogP contribution is -2.19. The van der Waals surface area contributed by atoms with Gasteiger partial charge >= 0.3 is 0 Å². The molecule has 0 aliphatic carbocycles. The van der Waals surface area contributed by atoms with Crippen molar-refractivity contribution in [2.45, 2.75) is 0 Å². The molecule has 1 atom stereocenters. The first-order valence-electron chi connectivity index (χ1n) is 8.37. The summed E-state index contributed by atoms with van der Waals surface area (Å²) >= 11 is -2.29. The molecule has 0 aliphatic rings. The van der Waals surface area contributed by atoms with Crippen molar-refractivity contribution in [1.82, 2.24) is 5.48 Å². The third kappa shape index (κ3) is 4.72. The van der Waals surface area contributed by atoms with Gasteiger partial charge in [0.05, 0.1) is 11.4 Å². The normalized spacial score (nSPS) is 11.9. The Balaban J connectivity index is 1.91. The molecule has 0 aliphatic heterocycles. The molecule has 7 heteroatoms. The maximum absolute atomic E-state index is 12.0. The van der Waals surface area contributed by atoms with Gasteiger partial charge in [0.1, 0.15) is 0 Å². The molecule has 1 amide bonds. The van der Waals surface area contributed by atoms with Crippen LogP contribution >= 0.6 is 0 Å². The van der Waals surface area contributed by atoms with Gasteiger partial charge in [-0.2, -0.15) is 0 Å². The fraction of sp³-hybridized carbons (Fsp3) is 0. The lowest BCUT2D eigenvalue weighted by molar-refractivity contribution is -0.124. The van der Waals surface area contributed by atoms with E-state index in [1.54, 1.807) is 36.4 Å². The second-order valence-corrected chi connectivity index (χ2v) is 6.67. The Labute approximate surface area is 165 Å². The monoisotopic (exact) mass is 394 g/mol. The molecule has 142 valence electrons. The minimum Gasteiger partial charge on any atom is -0.289 e. The number of carbonyl (C=O) groups is 1. The molecule has 0 heterocycles. The van der Waals surface area contributed by atoms with E-state index in [4.69, 9.17) is 5.21 Å². The Morgan fingerprint density at radius 2 is 1.57 bits per heavy atom. The molecule has 3 rings (SSSR count). The number of rotatable bonds is 6. The molecule has 0 spiro atoms. The van der Waals surface area contributed by atoms with Crippen LogP contribution < -0.4 is 9.79 Å². The van der Waals surface area contributed by atoms with Crippen molar-refractivity contribution in [3.8, 4) is 11.1 Å². The number of hydrogen-bond acceptors (Lipinski definition) is 3. The Kier molecular flexibility index (Phi) is 6.33. The Hall–Kier alpha value is -3.26. The zero-order chi connectivity index (χ0) is 19.9. The highest BCUT2D eigenvalue weighted by Crippen LogP contribution is 2.30. The van der Waals surface area contributed by atoms with E-state index in [1.165, 1.54) is 15.9 Å². The summed E-state index contributed by atoms with van der Waals surface area (Å²) in [5, 5.41) is 8.55. The zero-order valence-electron chi connectivity index (χ0n) is 14.7. The smallest absolute Gasteiger partial charge is 0.267 e. The first-order valence-corrected chi connectivity index (χ1v) is 9.43. The predicted octanol–water partition coefficient (Wildman–Crippen LogP) is 4.15. The molecular weight excluding hydrogens is 376 g/mol. The van der Waals surface area contributed by atoms with Gasteiger partial charge in [0.15, 0.2) is 0 Å². The van der Waals surface area contributed by atoms with Gasteiger partial charge in [-0.1, -0.05) is 54.6 Å². The summed E-state index contributed by atoms with van der Waals surface area (Å²) < 4.78 is 23.1. The van der Waals surface area contributed by atoms with Crippen molar-refractivity contribution < 1.29 is 18.8 Å². The molecule has 6 nitrogen and oxygen atoms in total. The number of hydrogen-bond donors (Lipinski definition) is 3. The van der Waals surface area contributed by atoms with E-state index < -0.39 is 17.2 Å². The van der Waals surface area contributed by atoms with Crippen molar-refractivity contribution in [3.05, 3.63) is 90.5 Å². The fourth-order valence-corrected chi connectivity index (χ4v) is 3.31. The van der Waals surface area contributed by atoms with Gasteiger partial charge in [0.25, 0.3) is 17.2 Å². The number of amides is 1. The summed E-state index contributed by atoms with van der Waals surface area (Å²) in [4.78, 5) is 11.1. The number of anilines is 2. The van der Waals surface area contributed by atoms with Crippen molar-refractivity contribution >= 4 is 34.6 Å². The average molecular weight is 394 g/mol. The van der Waals surface area contributed by atoms with E-state index >= 15 is 0 Å². The lowest BCUT2D eigenvalue weighted by atomic mass is 10.1. The second kappa shape index (κ2) is 9.09. The van der Waals surface area contributed by atoms with E-state index in [-0.39, 0.29) is 0 Å². The Bertz CT molecular complexity index is 1000. The van der Waals surface area contributed by atoms with Crippen LogP contribution in [0, 0.1) is 0 Å². The van der Waals surface area contributed by atoms with Crippen molar-refractivity contribution in [1.29, 1.82) is 0 Å². The van der Waals surface area contributed by atoms with E-state index in [1.807, 2.05) is 42.5 Å².